The maximum Gasteiger partial charge on any atom is 0.0501 e. The standard InChI is InChI=1S/C9H21OP/c1-8(2)11(9(3)4)7-6-10-5/h8-9H,6-7H2,1-5H3. The summed E-state index contributed by atoms with van der Waals surface area (Å²) in [6, 6.07) is 0. The molecule has 2 heteroatoms. The van der Waals surface area contributed by atoms with Gasteiger partial charge in [0.1, 0.15) is 0 Å². The lowest BCUT2D eigenvalue weighted by Crippen LogP contribution is -2.09. The molecule has 0 saturated heterocycles. The van der Waals surface area contributed by atoms with Gasteiger partial charge in [-0.3, -0.25) is 0 Å². The van der Waals surface area contributed by atoms with Crippen LogP contribution in [-0.2, 0) is 4.74 Å². The van der Waals surface area contributed by atoms with Crippen molar-refractivity contribution in [1.29, 1.82) is 0 Å². The second-order valence-electron chi connectivity index (χ2n) is 3.42. The van der Waals surface area contributed by atoms with Crippen molar-refractivity contribution in [3.8, 4) is 0 Å². The van der Waals surface area contributed by atoms with Gasteiger partial charge in [0.25, 0.3) is 0 Å². The molecular formula is C9H21OP. The Balaban J connectivity index is 3.70. The molecule has 0 amide bonds. The largest absolute Gasteiger partial charge is 0.384 e. The van der Waals surface area contributed by atoms with Crippen molar-refractivity contribution in [2.45, 2.75) is 39.0 Å². The summed E-state index contributed by atoms with van der Waals surface area (Å²) >= 11 is 0. The van der Waals surface area contributed by atoms with E-state index in [9.17, 15) is 0 Å². The normalized spacial score (nSPS) is 12.0. The first kappa shape index (κ1) is 11.4. The Morgan fingerprint density at radius 1 is 1.09 bits per heavy atom. The van der Waals surface area contributed by atoms with Crippen molar-refractivity contribution in [3.05, 3.63) is 0 Å². The molecule has 0 unspecified atom stereocenters. The predicted octanol–water partition coefficient (Wildman–Crippen LogP) is 2.93. The summed E-state index contributed by atoms with van der Waals surface area (Å²) < 4.78 is 5.09. The van der Waals surface area contributed by atoms with Crippen LogP contribution in [0.1, 0.15) is 27.7 Å². The first-order chi connectivity index (χ1) is 5.09. The molecule has 0 saturated carbocycles. The van der Waals surface area contributed by atoms with Crippen LogP contribution in [0.2, 0.25) is 0 Å². The number of rotatable bonds is 5. The lowest BCUT2D eigenvalue weighted by molar-refractivity contribution is 0.217. The highest BCUT2D eigenvalue weighted by Crippen LogP contribution is 2.45. The van der Waals surface area contributed by atoms with Crippen molar-refractivity contribution >= 4 is 7.92 Å². The monoisotopic (exact) mass is 176 g/mol. The summed E-state index contributed by atoms with van der Waals surface area (Å²) in [6.45, 7) is 10.2. The molecule has 0 aliphatic carbocycles. The molecule has 0 aromatic heterocycles. The van der Waals surface area contributed by atoms with Gasteiger partial charge in [-0.2, -0.15) is 0 Å². The Bertz CT molecular complexity index is 83.6. The molecule has 1 nitrogen and oxygen atoms in total. The topological polar surface area (TPSA) is 9.23 Å². The summed E-state index contributed by atoms with van der Waals surface area (Å²) in [5, 5.41) is 0. The third-order valence-corrected chi connectivity index (χ3v) is 5.23. The minimum Gasteiger partial charge on any atom is -0.384 e. The van der Waals surface area contributed by atoms with Gasteiger partial charge in [0.05, 0.1) is 6.61 Å². The molecule has 0 spiro atoms. The predicted molar refractivity (Wildman–Crippen MR) is 53.9 cm³/mol. The molecule has 0 N–H and O–H groups in total. The fourth-order valence-corrected chi connectivity index (χ4v) is 3.93. The van der Waals surface area contributed by atoms with Gasteiger partial charge in [-0.05, 0) is 17.5 Å². The third kappa shape index (κ3) is 4.76. The van der Waals surface area contributed by atoms with E-state index in [4.69, 9.17) is 4.74 Å². The highest BCUT2D eigenvalue weighted by atomic mass is 31.1. The van der Waals surface area contributed by atoms with Crippen LogP contribution in [0, 0.1) is 0 Å². The van der Waals surface area contributed by atoms with Gasteiger partial charge < -0.3 is 4.74 Å². The molecule has 0 aliphatic rings. The Morgan fingerprint density at radius 3 is 1.82 bits per heavy atom. The molecule has 0 aromatic carbocycles. The van der Waals surface area contributed by atoms with Gasteiger partial charge in [0.2, 0.25) is 0 Å². The summed E-state index contributed by atoms with van der Waals surface area (Å²) in [6.07, 6.45) is 1.27. The van der Waals surface area contributed by atoms with Gasteiger partial charge in [-0.15, -0.1) is 0 Å². The number of hydrogen-bond donors (Lipinski definition) is 0. The lowest BCUT2D eigenvalue weighted by atomic mass is 10.5. The molecule has 0 aliphatic heterocycles. The molecule has 0 fully saturated rings. The number of ether oxygens (including phenoxy) is 1. The first-order valence-electron chi connectivity index (χ1n) is 4.34. The van der Waals surface area contributed by atoms with Crippen molar-refractivity contribution in [3.63, 3.8) is 0 Å². The van der Waals surface area contributed by atoms with Crippen molar-refractivity contribution < 1.29 is 4.74 Å². The van der Waals surface area contributed by atoms with Gasteiger partial charge >= 0.3 is 0 Å². The molecule has 0 bridgehead atoms. The first-order valence-corrected chi connectivity index (χ1v) is 6.00. The summed E-state index contributed by atoms with van der Waals surface area (Å²) in [7, 11) is 1.98. The molecule has 0 heterocycles. The molecule has 0 aromatic rings. The maximum absolute atomic E-state index is 5.09. The van der Waals surface area contributed by atoms with Gasteiger partial charge in [0, 0.05) is 7.11 Å². The van der Waals surface area contributed by atoms with Crippen molar-refractivity contribution in [2.24, 2.45) is 0 Å². The summed E-state index contributed by atoms with van der Waals surface area (Å²) in [5.74, 6) is 0. The Morgan fingerprint density at radius 2 is 1.55 bits per heavy atom. The van der Waals surface area contributed by atoms with E-state index in [-0.39, 0.29) is 7.92 Å². The average molecular weight is 176 g/mol. The summed E-state index contributed by atoms with van der Waals surface area (Å²) in [5.41, 5.74) is 1.69. The van der Waals surface area contributed by atoms with Crippen LogP contribution in [0.5, 0.6) is 0 Å². The fraction of sp³-hybridized carbons (Fsp3) is 1.00. The summed E-state index contributed by atoms with van der Waals surface area (Å²) in [4.78, 5) is 0. The second kappa shape index (κ2) is 5.97. The second-order valence-corrected chi connectivity index (χ2v) is 6.96. The third-order valence-electron chi connectivity index (χ3n) is 1.88. The highest BCUT2D eigenvalue weighted by molar-refractivity contribution is 7.59. The average Bonchev–Trinajstić information content (AvgIpc) is 1.87. The minimum absolute atomic E-state index is 0.190. The van der Waals surface area contributed by atoms with Crippen LogP contribution in [0.4, 0.5) is 0 Å². The molecular weight excluding hydrogens is 155 g/mol. The Hall–Kier alpha value is 0.390. The van der Waals surface area contributed by atoms with Crippen LogP contribution < -0.4 is 0 Å². The molecule has 68 valence electrons. The number of hydrogen-bond acceptors (Lipinski definition) is 1. The van der Waals surface area contributed by atoms with Gasteiger partial charge in [-0.1, -0.05) is 35.6 Å². The van der Waals surface area contributed by atoms with Gasteiger partial charge in [-0.25, -0.2) is 0 Å². The van der Waals surface area contributed by atoms with E-state index in [0.717, 1.165) is 17.9 Å². The van der Waals surface area contributed by atoms with Crippen molar-refractivity contribution in [2.75, 3.05) is 19.9 Å². The fourth-order valence-electron chi connectivity index (χ4n) is 1.31. The van der Waals surface area contributed by atoms with Crippen LogP contribution in [0.15, 0.2) is 0 Å². The molecule has 0 rings (SSSR count). The van der Waals surface area contributed by atoms with Crippen LogP contribution in [0.3, 0.4) is 0 Å². The van der Waals surface area contributed by atoms with E-state index in [1.165, 1.54) is 6.16 Å². The Kier molecular flexibility index (Phi) is 6.18. The zero-order chi connectivity index (χ0) is 8.85. The number of methoxy groups -OCH3 is 1. The van der Waals surface area contributed by atoms with E-state index in [2.05, 4.69) is 27.7 Å². The van der Waals surface area contributed by atoms with Crippen LogP contribution in [-0.4, -0.2) is 31.2 Å². The van der Waals surface area contributed by atoms with E-state index in [1.807, 2.05) is 0 Å². The van der Waals surface area contributed by atoms with Crippen LogP contribution in [0.25, 0.3) is 0 Å². The van der Waals surface area contributed by atoms with E-state index in [1.54, 1.807) is 7.11 Å². The van der Waals surface area contributed by atoms with Crippen molar-refractivity contribution in [1.82, 2.24) is 0 Å². The lowest BCUT2D eigenvalue weighted by Gasteiger charge is -2.25. The van der Waals surface area contributed by atoms with E-state index in [0.29, 0.717) is 0 Å². The van der Waals surface area contributed by atoms with Gasteiger partial charge in [0.15, 0.2) is 0 Å². The highest BCUT2D eigenvalue weighted by Gasteiger charge is 2.15. The Labute approximate surface area is 72.3 Å². The zero-order valence-corrected chi connectivity index (χ0v) is 9.32. The minimum atomic E-state index is 0.190. The molecule has 0 radical (unpaired) electrons. The maximum atomic E-state index is 5.09. The van der Waals surface area contributed by atoms with Crippen LogP contribution >= 0.6 is 7.92 Å². The quantitative estimate of drug-likeness (QED) is 0.585. The zero-order valence-electron chi connectivity index (χ0n) is 8.42. The molecule has 11 heavy (non-hydrogen) atoms. The van der Waals surface area contributed by atoms with E-state index < -0.39 is 0 Å². The SMILES string of the molecule is COCCP(C(C)C)C(C)C. The molecule has 0 atom stereocenters. The van der Waals surface area contributed by atoms with E-state index >= 15 is 0 Å². The smallest absolute Gasteiger partial charge is 0.0501 e.